The fourth-order valence-electron chi connectivity index (χ4n) is 4.41. The molecule has 3 rings (SSSR count). The number of nitrogen functional groups attached to an aromatic ring is 3. The highest BCUT2D eigenvalue weighted by Crippen LogP contribution is 2.38. The first-order chi connectivity index (χ1) is 15.0. The minimum absolute atomic E-state index is 0.277. The zero-order valence-electron chi connectivity index (χ0n) is 19.0. The number of nitrogens with two attached hydrogens (primary N) is 3. The molecule has 0 aromatic heterocycles. The van der Waals surface area contributed by atoms with Gasteiger partial charge in [0.05, 0.1) is 0 Å². The molecule has 0 saturated carbocycles. The minimum atomic E-state index is 0.277. The van der Waals surface area contributed by atoms with E-state index in [4.69, 9.17) is 17.2 Å². The molecule has 0 spiro atoms. The van der Waals surface area contributed by atoms with Crippen molar-refractivity contribution in [1.82, 2.24) is 0 Å². The molecule has 0 aliphatic carbocycles. The Morgan fingerprint density at radius 3 is 1.55 bits per heavy atom. The van der Waals surface area contributed by atoms with Gasteiger partial charge in [-0.05, 0) is 65.4 Å². The molecule has 0 bridgehead atoms. The van der Waals surface area contributed by atoms with Gasteiger partial charge in [-0.1, -0.05) is 75.9 Å². The zero-order valence-corrected chi connectivity index (χ0v) is 19.0. The van der Waals surface area contributed by atoms with Gasteiger partial charge in [0.1, 0.15) is 0 Å². The summed E-state index contributed by atoms with van der Waals surface area (Å²) in [6.07, 6.45) is 6.89. The predicted octanol–water partition coefficient (Wildman–Crippen LogP) is 7.08. The van der Waals surface area contributed by atoms with E-state index in [2.05, 4.69) is 56.3 Å². The van der Waals surface area contributed by atoms with Gasteiger partial charge in [-0.25, -0.2) is 0 Å². The van der Waals surface area contributed by atoms with Crippen molar-refractivity contribution >= 4 is 17.1 Å². The number of anilines is 3. The van der Waals surface area contributed by atoms with Crippen LogP contribution in [0.2, 0.25) is 0 Å². The zero-order chi connectivity index (χ0) is 22.2. The van der Waals surface area contributed by atoms with Crippen molar-refractivity contribution < 1.29 is 0 Å². The topological polar surface area (TPSA) is 78.1 Å². The van der Waals surface area contributed by atoms with E-state index in [9.17, 15) is 0 Å². The summed E-state index contributed by atoms with van der Waals surface area (Å²) in [7, 11) is 0. The van der Waals surface area contributed by atoms with Crippen LogP contribution in [0.1, 0.15) is 86.5 Å². The molecule has 3 aromatic carbocycles. The van der Waals surface area contributed by atoms with E-state index in [1.807, 2.05) is 24.3 Å². The highest BCUT2D eigenvalue weighted by Gasteiger charge is 2.20. The van der Waals surface area contributed by atoms with Crippen molar-refractivity contribution in [1.29, 1.82) is 0 Å². The summed E-state index contributed by atoms with van der Waals surface area (Å²) in [5.41, 5.74) is 26.1. The van der Waals surface area contributed by atoms with Crippen LogP contribution in [0.5, 0.6) is 0 Å². The number of benzene rings is 3. The maximum atomic E-state index is 6.55. The van der Waals surface area contributed by atoms with Gasteiger partial charge in [0.15, 0.2) is 0 Å². The first kappa shape index (κ1) is 22.7. The Balaban J connectivity index is 2.03. The third kappa shape index (κ3) is 5.81. The van der Waals surface area contributed by atoms with Crippen molar-refractivity contribution in [2.75, 3.05) is 17.2 Å². The van der Waals surface area contributed by atoms with Crippen LogP contribution in [0.4, 0.5) is 17.1 Å². The van der Waals surface area contributed by atoms with Gasteiger partial charge >= 0.3 is 0 Å². The van der Waals surface area contributed by atoms with E-state index in [0.717, 1.165) is 42.7 Å². The molecule has 3 aromatic rings. The fourth-order valence-corrected chi connectivity index (χ4v) is 4.41. The maximum absolute atomic E-state index is 6.55. The number of hydrogen-bond donors (Lipinski definition) is 3. The van der Waals surface area contributed by atoms with E-state index in [1.165, 1.54) is 35.1 Å². The van der Waals surface area contributed by atoms with E-state index in [0.29, 0.717) is 5.92 Å². The number of unbranched alkanes of at least 4 members (excludes halogenated alkanes) is 2. The Labute approximate surface area is 187 Å². The molecule has 0 aliphatic rings. The Hall–Kier alpha value is -2.94. The first-order valence-corrected chi connectivity index (χ1v) is 11.6. The molecular formula is C28H37N3. The highest BCUT2D eigenvalue weighted by atomic mass is 14.6. The van der Waals surface area contributed by atoms with E-state index >= 15 is 0 Å². The fraction of sp³-hybridized carbons (Fsp3) is 0.357. The SMILES string of the molecule is CCCCC(c1ccc(N)cc1)c1ccc(N)c(C(CCCC)c2ccc(N)cc2)c1. The Morgan fingerprint density at radius 2 is 1.03 bits per heavy atom. The Morgan fingerprint density at radius 1 is 0.581 bits per heavy atom. The van der Waals surface area contributed by atoms with Crippen LogP contribution in [0.15, 0.2) is 66.7 Å². The van der Waals surface area contributed by atoms with Crippen LogP contribution in [-0.4, -0.2) is 0 Å². The Bertz CT molecular complexity index is 945. The number of hydrogen-bond acceptors (Lipinski definition) is 3. The molecule has 2 unspecified atom stereocenters. The Kier molecular flexibility index (Phi) is 8.00. The molecule has 31 heavy (non-hydrogen) atoms. The normalized spacial score (nSPS) is 13.1. The molecule has 6 N–H and O–H groups in total. The standard InChI is InChI=1S/C28H37N3/c1-3-5-7-25(20-9-14-23(29)15-10-20)22-13-18-28(31)27(19-22)26(8-6-4-2)21-11-16-24(30)17-12-21/h9-19,25-26H,3-8,29-31H2,1-2H3. The van der Waals surface area contributed by atoms with Crippen LogP contribution >= 0.6 is 0 Å². The molecule has 0 heterocycles. The smallest absolute Gasteiger partial charge is 0.0353 e. The molecular weight excluding hydrogens is 378 g/mol. The average molecular weight is 416 g/mol. The lowest BCUT2D eigenvalue weighted by Crippen LogP contribution is -2.08. The van der Waals surface area contributed by atoms with Crippen molar-refractivity contribution in [2.45, 2.75) is 64.2 Å². The molecule has 0 radical (unpaired) electrons. The molecule has 0 aliphatic heterocycles. The first-order valence-electron chi connectivity index (χ1n) is 11.6. The van der Waals surface area contributed by atoms with Crippen LogP contribution in [0.3, 0.4) is 0 Å². The van der Waals surface area contributed by atoms with Crippen molar-refractivity contribution in [2.24, 2.45) is 0 Å². The van der Waals surface area contributed by atoms with Gasteiger partial charge in [0.25, 0.3) is 0 Å². The van der Waals surface area contributed by atoms with Crippen LogP contribution in [0.25, 0.3) is 0 Å². The third-order valence-corrected chi connectivity index (χ3v) is 6.26. The molecule has 0 amide bonds. The summed E-state index contributed by atoms with van der Waals surface area (Å²) in [4.78, 5) is 0. The van der Waals surface area contributed by atoms with E-state index in [-0.39, 0.29) is 5.92 Å². The van der Waals surface area contributed by atoms with Crippen LogP contribution in [0, 0.1) is 0 Å². The van der Waals surface area contributed by atoms with Gasteiger partial charge in [-0.2, -0.15) is 0 Å². The molecule has 3 nitrogen and oxygen atoms in total. The predicted molar refractivity (Wildman–Crippen MR) is 135 cm³/mol. The van der Waals surface area contributed by atoms with Gasteiger partial charge in [0.2, 0.25) is 0 Å². The molecule has 0 fully saturated rings. The third-order valence-electron chi connectivity index (χ3n) is 6.26. The van der Waals surface area contributed by atoms with E-state index < -0.39 is 0 Å². The summed E-state index contributed by atoms with van der Waals surface area (Å²) in [6.45, 7) is 4.48. The van der Waals surface area contributed by atoms with Crippen molar-refractivity contribution in [3.8, 4) is 0 Å². The van der Waals surface area contributed by atoms with Crippen molar-refractivity contribution in [3.05, 3.63) is 89.0 Å². The van der Waals surface area contributed by atoms with Gasteiger partial charge in [-0.15, -0.1) is 0 Å². The second-order valence-electron chi connectivity index (χ2n) is 8.61. The summed E-state index contributed by atoms with van der Waals surface area (Å²) in [5.74, 6) is 0.622. The average Bonchev–Trinajstić information content (AvgIpc) is 2.78. The summed E-state index contributed by atoms with van der Waals surface area (Å²) in [6, 6.07) is 23.3. The van der Waals surface area contributed by atoms with E-state index in [1.54, 1.807) is 0 Å². The summed E-state index contributed by atoms with van der Waals surface area (Å²) in [5, 5.41) is 0. The number of rotatable bonds is 10. The highest BCUT2D eigenvalue weighted by molar-refractivity contribution is 5.56. The lowest BCUT2D eigenvalue weighted by atomic mass is 9.81. The monoisotopic (exact) mass is 415 g/mol. The largest absolute Gasteiger partial charge is 0.399 e. The lowest BCUT2D eigenvalue weighted by Gasteiger charge is -2.24. The lowest BCUT2D eigenvalue weighted by molar-refractivity contribution is 0.639. The minimum Gasteiger partial charge on any atom is -0.399 e. The van der Waals surface area contributed by atoms with Crippen LogP contribution < -0.4 is 17.2 Å². The quantitative estimate of drug-likeness (QED) is 0.310. The van der Waals surface area contributed by atoms with Gasteiger partial charge in [-0.3, -0.25) is 0 Å². The molecule has 3 heteroatoms. The van der Waals surface area contributed by atoms with Crippen molar-refractivity contribution in [3.63, 3.8) is 0 Å². The van der Waals surface area contributed by atoms with Gasteiger partial charge < -0.3 is 17.2 Å². The molecule has 2 atom stereocenters. The second-order valence-corrected chi connectivity index (χ2v) is 8.61. The molecule has 0 saturated heterocycles. The maximum Gasteiger partial charge on any atom is 0.0353 e. The van der Waals surface area contributed by atoms with Crippen LogP contribution in [-0.2, 0) is 0 Å². The summed E-state index contributed by atoms with van der Waals surface area (Å²) < 4.78 is 0. The second kappa shape index (κ2) is 10.9. The summed E-state index contributed by atoms with van der Waals surface area (Å²) >= 11 is 0. The molecule has 164 valence electrons. The van der Waals surface area contributed by atoms with Gasteiger partial charge in [0, 0.05) is 28.9 Å².